The van der Waals surface area contributed by atoms with E-state index in [9.17, 15) is 10.5 Å². The summed E-state index contributed by atoms with van der Waals surface area (Å²) in [6, 6.07) is 32.8. The maximum atomic E-state index is 9.60. The van der Waals surface area contributed by atoms with E-state index in [1.54, 1.807) is 35.9 Å². The summed E-state index contributed by atoms with van der Waals surface area (Å²) < 4.78 is 2.42. The van der Waals surface area contributed by atoms with Gasteiger partial charge in [-0.25, -0.2) is 0 Å². The first-order valence-corrected chi connectivity index (χ1v) is 12.6. The Morgan fingerprint density at radius 3 is 1.65 bits per heavy atom. The fourth-order valence-electron chi connectivity index (χ4n) is 5.22. The summed E-state index contributed by atoms with van der Waals surface area (Å²) in [4.78, 5) is 9.41. The van der Waals surface area contributed by atoms with Crippen LogP contribution in [-0.4, -0.2) is 9.97 Å². The van der Waals surface area contributed by atoms with Gasteiger partial charge in [0, 0.05) is 43.7 Å². The van der Waals surface area contributed by atoms with E-state index in [-0.39, 0.29) is 0 Å². The predicted molar refractivity (Wildman–Crippen MR) is 150 cm³/mol. The molecule has 0 atom stereocenters. The van der Waals surface area contributed by atoms with Crippen LogP contribution in [0.4, 0.5) is 0 Å². The van der Waals surface area contributed by atoms with E-state index in [0.717, 1.165) is 44.1 Å². The standard InChI is InChI=1S/C32H16N4S/c33-17-19-9-11-35-27(13-19)31-22-6-1-2-7-23(22)32(28-14-20(18-34)10-12-36-28)26-16-30-24(15-25(26)31)21-5-3-4-8-29(21)37-30/h1-16H. The van der Waals surface area contributed by atoms with Gasteiger partial charge in [0.1, 0.15) is 0 Å². The van der Waals surface area contributed by atoms with Gasteiger partial charge in [0.25, 0.3) is 0 Å². The van der Waals surface area contributed by atoms with Crippen molar-refractivity contribution in [2.24, 2.45) is 0 Å². The molecule has 0 aliphatic rings. The summed E-state index contributed by atoms with van der Waals surface area (Å²) in [5, 5.41) is 25.7. The lowest BCUT2D eigenvalue weighted by Gasteiger charge is -2.17. The Kier molecular flexibility index (Phi) is 4.72. The minimum atomic E-state index is 0.566. The molecule has 0 fully saturated rings. The van der Waals surface area contributed by atoms with Gasteiger partial charge in [-0.2, -0.15) is 10.5 Å². The van der Waals surface area contributed by atoms with E-state index in [0.29, 0.717) is 11.1 Å². The number of benzene rings is 4. The third kappa shape index (κ3) is 3.27. The molecule has 0 N–H and O–H groups in total. The number of pyridine rings is 2. The lowest BCUT2D eigenvalue weighted by Crippen LogP contribution is -1.94. The molecule has 7 rings (SSSR count). The normalized spacial score (nSPS) is 11.2. The van der Waals surface area contributed by atoms with E-state index >= 15 is 0 Å². The van der Waals surface area contributed by atoms with Crippen LogP contribution in [0.5, 0.6) is 0 Å². The van der Waals surface area contributed by atoms with Crippen molar-refractivity contribution in [3.63, 3.8) is 0 Å². The second-order valence-electron chi connectivity index (χ2n) is 8.87. The summed E-state index contributed by atoms with van der Waals surface area (Å²) in [5.41, 5.74) is 4.62. The Labute approximate surface area is 216 Å². The summed E-state index contributed by atoms with van der Waals surface area (Å²) in [6.07, 6.45) is 3.39. The van der Waals surface area contributed by atoms with Crippen LogP contribution in [0, 0.1) is 22.7 Å². The molecule has 37 heavy (non-hydrogen) atoms. The van der Waals surface area contributed by atoms with Gasteiger partial charge >= 0.3 is 0 Å². The Balaban J connectivity index is 1.74. The molecule has 4 aromatic carbocycles. The highest BCUT2D eigenvalue weighted by molar-refractivity contribution is 7.25. The van der Waals surface area contributed by atoms with Crippen LogP contribution in [0.15, 0.2) is 97.3 Å². The number of hydrogen-bond donors (Lipinski definition) is 0. The molecule has 0 bridgehead atoms. The van der Waals surface area contributed by atoms with Gasteiger partial charge in [0.15, 0.2) is 0 Å². The molecule has 7 aromatic rings. The SMILES string of the molecule is N#Cc1ccnc(-c2c3ccccc3c(-c3cc(C#N)ccn3)c3cc4c(cc23)sc2ccccc24)c1. The molecule has 0 radical (unpaired) electrons. The zero-order chi connectivity index (χ0) is 24.9. The van der Waals surface area contributed by atoms with Crippen molar-refractivity contribution < 1.29 is 0 Å². The van der Waals surface area contributed by atoms with Crippen molar-refractivity contribution in [2.45, 2.75) is 0 Å². The monoisotopic (exact) mass is 488 g/mol. The van der Waals surface area contributed by atoms with Gasteiger partial charge < -0.3 is 0 Å². The molecule has 3 aromatic heterocycles. The van der Waals surface area contributed by atoms with Gasteiger partial charge in [-0.05, 0) is 64.0 Å². The number of thiophene rings is 1. The van der Waals surface area contributed by atoms with Crippen LogP contribution in [0.3, 0.4) is 0 Å². The number of fused-ring (bicyclic) bond motifs is 5. The summed E-state index contributed by atoms with van der Waals surface area (Å²) in [6.45, 7) is 0. The zero-order valence-corrected chi connectivity index (χ0v) is 20.3. The minimum Gasteiger partial charge on any atom is -0.256 e. The Morgan fingerprint density at radius 2 is 1.05 bits per heavy atom. The van der Waals surface area contributed by atoms with Gasteiger partial charge in [-0.3, -0.25) is 9.97 Å². The van der Waals surface area contributed by atoms with E-state index in [1.165, 1.54) is 20.2 Å². The third-order valence-electron chi connectivity index (χ3n) is 6.81. The van der Waals surface area contributed by atoms with Gasteiger partial charge in [-0.15, -0.1) is 11.3 Å². The number of nitriles is 2. The molecule has 0 unspecified atom stereocenters. The molecule has 0 saturated heterocycles. The first-order valence-electron chi connectivity index (χ1n) is 11.8. The summed E-state index contributed by atoms with van der Waals surface area (Å²) >= 11 is 1.77. The van der Waals surface area contributed by atoms with Crippen LogP contribution < -0.4 is 0 Å². The average molecular weight is 489 g/mol. The summed E-state index contributed by atoms with van der Waals surface area (Å²) in [5.74, 6) is 0. The van der Waals surface area contributed by atoms with E-state index in [2.05, 4.69) is 60.7 Å². The van der Waals surface area contributed by atoms with Gasteiger partial charge in [-0.1, -0.05) is 42.5 Å². The lowest BCUT2D eigenvalue weighted by molar-refractivity contribution is 1.31. The van der Waals surface area contributed by atoms with Crippen LogP contribution in [-0.2, 0) is 0 Å². The summed E-state index contributed by atoms with van der Waals surface area (Å²) in [7, 11) is 0. The smallest absolute Gasteiger partial charge is 0.0992 e. The maximum Gasteiger partial charge on any atom is 0.0992 e. The first kappa shape index (κ1) is 21.2. The molecule has 0 saturated carbocycles. The molecule has 3 heterocycles. The molecule has 5 heteroatoms. The van der Waals surface area contributed by atoms with Crippen LogP contribution in [0.25, 0.3) is 64.2 Å². The minimum absolute atomic E-state index is 0.566. The first-order chi connectivity index (χ1) is 18.2. The highest BCUT2D eigenvalue weighted by Crippen LogP contribution is 2.46. The number of hydrogen-bond acceptors (Lipinski definition) is 5. The van der Waals surface area contributed by atoms with Crippen molar-refractivity contribution in [3.8, 4) is 34.7 Å². The lowest BCUT2D eigenvalue weighted by atomic mass is 9.87. The van der Waals surface area contributed by atoms with Crippen molar-refractivity contribution in [3.05, 3.63) is 108 Å². The Bertz CT molecular complexity index is 2130. The zero-order valence-electron chi connectivity index (χ0n) is 19.4. The third-order valence-corrected chi connectivity index (χ3v) is 7.95. The second-order valence-corrected chi connectivity index (χ2v) is 9.95. The van der Waals surface area contributed by atoms with E-state index < -0.39 is 0 Å². The van der Waals surface area contributed by atoms with Crippen LogP contribution in [0.1, 0.15) is 11.1 Å². The number of rotatable bonds is 2. The number of nitrogens with zero attached hydrogens (tertiary/aromatic N) is 4. The van der Waals surface area contributed by atoms with Crippen LogP contribution >= 0.6 is 11.3 Å². The maximum absolute atomic E-state index is 9.60. The molecular formula is C32H16N4S. The Hall–Kier alpha value is -5.10. The second kappa shape index (κ2) is 8.24. The van der Waals surface area contributed by atoms with Crippen molar-refractivity contribution in [2.75, 3.05) is 0 Å². The fraction of sp³-hybridized carbons (Fsp3) is 0. The van der Waals surface area contributed by atoms with Gasteiger partial charge in [0.2, 0.25) is 0 Å². The number of aromatic nitrogens is 2. The highest BCUT2D eigenvalue weighted by atomic mass is 32.1. The average Bonchev–Trinajstić information content (AvgIpc) is 3.32. The van der Waals surface area contributed by atoms with Crippen molar-refractivity contribution in [1.29, 1.82) is 10.5 Å². The van der Waals surface area contributed by atoms with Crippen LogP contribution in [0.2, 0.25) is 0 Å². The molecule has 170 valence electrons. The van der Waals surface area contributed by atoms with E-state index in [4.69, 9.17) is 9.97 Å². The molecule has 4 nitrogen and oxygen atoms in total. The topological polar surface area (TPSA) is 73.4 Å². The molecule has 0 amide bonds. The molecule has 0 aliphatic heterocycles. The Morgan fingerprint density at radius 1 is 0.514 bits per heavy atom. The largest absolute Gasteiger partial charge is 0.256 e. The molecule has 0 aliphatic carbocycles. The molecular weight excluding hydrogens is 472 g/mol. The van der Waals surface area contributed by atoms with Gasteiger partial charge in [0.05, 0.1) is 34.7 Å². The van der Waals surface area contributed by atoms with Crippen molar-refractivity contribution >= 4 is 53.1 Å². The van der Waals surface area contributed by atoms with Crippen molar-refractivity contribution in [1.82, 2.24) is 9.97 Å². The van der Waals surface area contributed by atoms with E-state index in [1.807, 2.05) is 24.3 Å². The highest BCUT2D eigenvalue weighted by Gasteiger charge is 2.20. The molecule has 0 spiro atoms. The quantitative estimate of drug-likeness (QED) is 0.230. The predicted octanol–water partition coefficient (Wildman–Crippen LogP) is 8.23. The fourth-order valence-corrected chi connectivity index (χ4v) is 6.35.